The Morgan fingerprint density at radius 1 is 1.29 bits per heavy atom. The molecule has 0 amide bonds. The molecule has 2 unspecified atom stereocenters. The van der Waals surface area contributed by atoms with Crippen molar-refractivity contribution in [3.8, 4) is 0 Å². The lowest BCUT2D eigenvalue weighted by molar-refractivity contribution is 0.113. The van der Waals surface area contributed by atoms with Crippen LogP contribution >= 0.6 is 0 Å². The highest BCUT2D eigenvalue weighted by atomic mass is 16.3. The van der Waals surface area contributed by atoms with Gasteiger partial charge in [-0.05, 0) is 32.4 Å². The van der Waals surface area contributed by atoms with Gasteiger partial charge in [0.25, 0.3) is 0 Å². The maximum Gasteiger partial charge on any atom is 0.0743 e. The molecule has 0 bridgehead atoms. The smallest absolute Gasteiger partial charge is 0.0743 e. The second-order valence-electron chi connectivity index (χ2n) is 4.51. The minimum atomic E-state index is -0.0562. The van der Waals surface area contributed by atoms with Crippen LogP contribution in [0, 0.1) is 0 Å². The van der Waals surface area contributed by atoms with Gasteiger partial charge in [-0.25, -0.2) is 0 Å². The third kappa shape index (κ3) is 2.29. The van der Waals surface area contributed by atoms with Crippen LogP contribution in [0.4, 0.5) is 0 Å². The summed E-state index contributed by atoms with van der Waals surface area (Å²) in [7, 11) is 0. The average Bonchev–Trinajstić information content (AvgIpc) is 2.80. The third-order valence-corrected chi connectivity index (χ3v) is 3.48. The zero-order valence-electron chi connectivity index (χ0n) is 9.92. The van der Waals surface area contributed by atoms with Crippen molar-refractivity contribution in [3.63, 3.8) is 0 Å². The summed E-state index contributed by atoms with van der Waals surface area (Å²) in [4.78, 5) is 2.49. The average molecular weight is 199 g/mol. The Labute approximate surface area is 88.3 Å². The molecule has 1 saturated carbocycles. The van der Waals surface area contributed by atoms with Crippen molar-refractivity contribution in [1.29, 1.82) is 0 Å². The van der Waals surface area contributed by atoms with Crippen LogP contribution in [0.2, 0.25) is 0 Å². The van der Waals surface area contributed by atoms with Gasteiger partial charge in [0.05, 0.1) is 6.10 Å². The van der Waals surface area contributed by atoms with Crippen LogP contribution in [0.5, 0.6) is 0 Å². The highest BCUT2D eigenvalue weighted by Gasteiger charge is 2.55. The molecule has 1 aliphatic rings. The Balaban J connectivity index is 2.48. The van der Waals surface area contributed by atoms with Crippen molar-refractivity contribution in [2.45, 2.75) is 64.5 Å². The SMILES string of the molecule is CCCCN(CC)C1(CCC)CC1O. The number of rotatable bonds is 7. The molecule has 0 aliphatic heterocycles. The molecule has 1 N–H and O–H groups in total. The van der Waals surface area contributed by atoms with Crippen molar-refractivity contribution in [2.75, 3.05) is 13.1 Å². The van der Waals surface area contributed by atoms with Gasteiger partial charge in [-0.2, -0.15) is 0 Å². The Kier molecular flexibility index (Phi) is 4.39. The van der Waals surface area contributed by atoms with Gasteiger partial charge in [-0.3, -0.25) is 4.90 Å². The molecule has 0 aromatic rings. The topological polar surface area (TPSA) is 23.5 Å². The summed E-state index contributed by atoms with van der Waals surface area (Å²) in [6.07, 6.45) is 5.78. The number of likely N-dealkylation sites (N-methyl/N-ethyl adjacent to an activating group) is 1. The Bertz CT molecular complexity index is 172. The first-order valence-corrected chi connectivity index (χ1v) is 6.14. The van der Waals surface area contributed by atoms with E-state index in [4.69, 9.17) is 0 Å². The molecule has 0 heterocycles. The first-order chi connectivity index (χ1) is 6.71. The Morgan fingerprint density at radius 3 is 2.29 bits per heavy atom. The van der Waals surface area contributed by atoms with Crippen LogP contribution in [0.3, 0.4) is 0 Å². The monoisotopic (exact) mass is 199 g/mol. The molecule has 84 valence electrons. The van der Waals surface area contributed by atoms with E-state index in [9.17, 15) is 5.11 Å². The number of unbranched alkanes of at least 4 members (excludes halogenated alkanes) is 1. The maximum atomic E-state index is 9.77. The zero-order chi connectivity index (χ0) is 10.6. The van der Waals surface area contributed by atoms with E-state index in [2.05, 4.69) is 25.7 Å². The quantitative estimate of drug-likeness (QED) is 0.680. The van der Waals surface area contributed by atoms with Gasteiger partial charge in [0, 0.05) is 5.54 Å². The van der Waals surface area contributed by atoms with Gasteiger partial charge in [0.2, 0.25) is 0 Å². The summed E-state index contributed by atoms with van der Waals surface area (Å²) in [5, 5.41) is 9.77. The molecule has 2 heteroatoms. The molecule has 2 atom stereocenters. The van der Waals surface area contributed by atoms with Crippen LogP contribution in [-0.4, -0.2) is 34.7 Å². The van der Waals surface area contributed by atoms with Gasteiger partial charge in [-0.1, -0.05) is 33.6 Å². The number of aliphatic hydroxyl groups excluding tert-OH is 1. The molecule has 0 saturated heterocycles. The minimum Gasteiger partial charge on any atom is -0.391 e. The van der Waals surface area contributed by atoms with Gasteiger partial charge in [0.1, 0.15) is 0 Å². The highest BCUT2D eigenvalue weighted by molar-refractivity contribution is 5.11. The first kappa shape index (κ1) is 12.0. The molecule has 0 aromatic carbocycles. The molecule has 14 heavy (non-hydrogen) atoms. The van der Waals surface area contributed by atoms with E-state index < -0.39 is 0 Å². The molecule has 1 fully saturated rings. The minimum absolute atomic E-state index is 0.0562. The second-order valence-corrected chi connectivity index (χ2v) is 4.51. The predicted molar refractivity (Wildman–Crippen MR) is 60.4 cm³/mol. The maximum absolute atomic E-state index is 9.77. The third-order valence-electron chi connectivity index (χ3n) is 3.48. The van der Waals surface area contributed by atoms with Crippen molar-refractivity contribution >= 4 is 0 Å². The normalized spacial score (nSPS) is 31.1. The molecular formula is C12H25NO. The summed E-state index contributed by atoms with van der Waals surface area (Å²) >= 11 is 0. The molecule has 0 aromatic heterocycles. The van der Waals surface area contributed by atoms with Gasteiger partial charge >= 0.3 is 0 Å². The molecule has 1 rings (SSSR count). The van der Waals surface area contributed by atoms with E-state index >= 15 is 0 Å². The van der Waals surface area contributed by atoms with Crippen molar-refractivity contribution in [3.05, 3.63) is 0 Å². The Morgan fingerprint density at radius 2 is 1.93 bits per heavy atom. The van der Waals surface area contributed by atoms with Gasteiger partial charge in [0.15, 0.2) is 0 Å². The van der Waals surface area contributed by atoms with Crippen LogP contribution in [-0.2, 0) is 0 Å². The second kappa shape index (κ2) is 5.13. The molecule has 0 radical (unpaired) electrons. The summed E-state index contributed by atoms with van der Waals surface area (Å²) in [6.45, 7) is 8.88. The van der Waals surface area contributed by atoms with Crippen molar-refractivity contribution in [1.82, 2.24) is 4.90 Å². The molecular weight excluding hydrogens is 174 g/mol. The van der Waals surface area contributed by atoms with Crippen LogP contribution in [0.15, 0.2) is 0 Å². The number of aliphatic hydroxyl groups is 1. The Hall–Kier alpha value is -0.0800. The molecule has 2 nitrogen and oxygen atoms in total. The fraction of sp³-hybridized carbons (Fsp3) is 1.00. The van der Waals surface area contributed by atoms with Crippen molar-refractivity contribution < 1.29 is 5.11 Å². The first-order valence-electron chi connectivity index (χ1n) is 6.14. The zero-order valence-corrected chi connectivity index (χ0v) is 9.92. The predicted octanol–water partition coefficient (Wildman–Crippen LogP) is 2.41. The van der Waals surface area contributed by atoms with E-state index in [1.165, 1.54) is 19.3 Å². The van der Waals surface area contributed by atoms with Gasteiger partial charge < -0.3 is 5.11 Å². The fourth-order valence-corrected chi connectivity index (χ4v) is 2.52. The lowest BCUT2D eigenvalue weighted by Gasteiger charge is -2.31. The van der Waals surface area contributed by atoms with Crippen LogP contribution < -0.4 is 0 Å². The summed E-state index contributed by atoms with van der Waals surface area (Å²) < 4.78 is 0. The number of hydrogen-bond donors (Lipinski definition) is 1. The van der Waals surface area contributed by atoms with E-state index in [1.807, 2.05) is 0 Å². The van der Waals surface area contributed by atoms with E-state index in [-0.39, 0.29) is 11.6 Å². The summed E-state index contributed by atoms with van der Waals surface area (Å²) in [5.74, 6) is 0. The lowest BCUT2D eigenvalue weighted by atomic mass is 10.1. The summed E-state index contributed by atoms with van der Waals surface area (Å²) in [5.41, 5.74) is 0.165. The van der Waals surface area contributed by atoms with Crippen molar-refractivity contribution in [2.24, 2.45) is 0 Å². The highest BCUT2D eigenvalue weighted by Crippen LogP contribution is 2.45. The van der Waals surface area contributed by atoms with Crippen LogP contribution in [0.25, 0.3) is 0 Å². The van der Waals surface area contributed by atoms with E-state index in [0.29, 0.717) is 0 Å². The number of nitrogens with zero attached hydrogens (tertiary/aromatic N) is 1. The lowest BCUT2D eigenvalue weighted by Crippen LogP contribution is -2.40. The van der Waals surface area contributed by atoms with Gasteiger partial charge in [-0.15, -0.1) is 0 Å². The largest absolute Gasteiger partial charge is 0.391 e. The molecule has 1 aliphatic carbocycles. The van der Waals surface area contributed by atoms with Crippen LogP contribution in [0.1, 0.15) is 52.9 Å². The molecule has 0 spiro atoms. The fourth-order valence-electron chi connectivity index (χ4n) is 2.52. The van der Waals surface area contributed by atoms with E-state index in [0.717, 1.165) is 25.9 Å². The van der Waals surface area contributed by atoms with E-state index in [1.54, 1.807) is 0 Å². The number of hydrogen-bond acceptors (Lipinski definition) is 2. The summed E-state index contributed by atoms with van der Waals surface area (Å²) in [6, 6.07) is 0. The standard InChI is InChI=1S/C12H25NO/c1-4-7-9-13(6-3)12(8-5-2)10-11(12)14/h11,14H,4-10H2,1-3H3.